The second kappa shape index (κ2) is 9.28. The van der Waals surface area contributed by atoms with Crippen LogP contribution < -0.4 is 10.1 Å². The number of nitrogens with one attached hydrogen (secondary N) is 1. The van der Waals surface area contributed by atoms with Crippen molar-refractivity contribution in [3.05, 3.63) is 71.4 Å². The Labute approximate surface area is 188 Å². The number of methoxy groups -OCH3 is 1. The molecule has 31 heavy (non-hydrogen) atoms. The highest BCUT2D eigenvalue weighted by Gasteiger charge is 2.19. The highest BCUT2D eigenvalue weighted by Crippen LogP contribution is 2.30. The zero-order chi connectivity index (χ0) is 21.8. The van der Waals surface area contributed by atoms with Gasteiger partial charge in [-0.2, -0.15) is 0 Å². The summed E-state index contributed by atoms with van der Waals surface area (Å²) >= 11 is 7.31. The number of aromatic nitrogens is 3. The molecule has 0 saturated heterocycles. The van der Waals surface area contributed by atoms with Gasteiger partial charge in [0.05, 0.1) is 24.8 Å². The molecule has 0 aliphatic heterocycles. The van der Waals surface area contributed by atoms with E-state index in [1.807, 2.05) is 47.9 Å². The molecule has 0 radical (unpaired) electrons. The summed E-state index contributed by atoms with van der Waals surface area (Å²) in [6.07, 6.45) is 1.58. The molecular weight excluding hydrogens is 436 g/mol. The number of nitrogens with zero attached hydrogens (tertiary/aromatic N) is 3. The van der Waals surface area contributed by atoms with Crippen molar-refractivity contribution >= 4 is 35.0 Å². The number of aryl methyl sites for hydroxylation is 1. The second-order valence-corrected chi connectivity index (χ2v) is 8.01. The Hall–Kier alpha value is -3.23. The van der Waals surface area contributed by atoms with E-state index in [9.17, 15) is 4.79 Å². The Balaban J connectivity index is 1.57. The standard InChI is InChI=1S/C22H19ClN4O3S/c1-14-5-10-18(29-2)17(12-14)24-20(28)13-31-22-26-25-21(19-4-3-11-30-19)27(22)16-8-6-15(23)7-9-16/h3-12H,13H2,1-2H3,(H,24,28). The first-order valence-corrected chi connectivity index (χ1v) is 10.7. The van der Waals surface area contributed by atoms with Gasteiger partial charge in [-0.1, -0.05) is 29.4 Å². The van der Waals surface area contributed by atoms with E-state index in [0.717, 1.165) is 11.3 Å². The van der Waals surface area contributed by atoms with Crippen molar-refractivity contribution in [2.75, 3.05) is 18.2 Å². The lowest BCUT2D eigenvalue weighted by molar-refractivity contribution is -0.113. The van der Waals surface area contributed by atoms with Gasteiger partial charge < -0.3 is 14.5 Å². The Kier molecular flexibility index (Phi) is 6.29. The van der Waals surface area contributed by atoms with E-state index in [4.69, 9.17) is 20.8 Å². The molecule has 0 atom stereocenters. The van der Waals surface area contributed by atoms with Gasteiger partial charge in [-0.05, 0) is 61.0 Å². The van der Waals surface area contributed by atoms with Gasteiger partial charge in [-0.3, -0.25) is 9.36 Å². The van der Waals surface area contributed by atoms with Crippen LogP contribution in [0.3, 0.4) is 0 Å². The van der Waals surface area contributed by atoms with Crippen molar-refractivity contribution in [1.29, 1.82) is 0 Å². The van der Waals surface area contributed by atoms with Crippen molar-refractivity contribution in [3.63, 3.8) is 0 Å². The average Bonchev–Trinajstić information content (AvgIpc) is 3.43. The molecule has 0 aliphatic carbocycles. The summed E-state index contributed by atoms with van der Waals surface area (Å²) < 4.78 is 12.7. The summed E-state index contributed by atoms with van der Waals surface area (Å²) in [4.78, 5) is 12.6. The fourth-order valence-electron chi connectivity index (χ4n) is 2.99. The highest BCUT2D eigenvalue weighted by molar-refractivity contribution is 7.99. The Morgan fingerprint density at radius 3 is 2.71 bits per heavy atom. The minimum atomic E-state index is -0.181. The lowest BCUT2D eigenvalue weighted by Gasteiger charge is -2.11. The van der Waals surface area contributed by atoms with Crippen LogP contribution in [-0.4, -0.2) is 33.5 Å². The lowest BCUT2D eigenvalue weighted by Crippen LogP contribution is -2.15. The predicted molar refractivity (Wildman–Crippen MR) is 121 cm³/mol. The number of carbonyl (C=O) groups excluding carboxylic acids is 1. The van der Waals surface area contributed by atoms with E-state index in [1.165, 1.54) is 11.8 Å². The van der Waals surface area contributed by atoms with Crippen LogP contribution in [0.1, 0.15) is 5.56 Å². The van der Waals surface area contributed by atoms with Crippen molar-refractivity contribution in [2.24, 2.45) is 0 Å². The zero-order valence-corrected chi connectivity index (χ0v) is 18.4. The molecule has 0 saturated carbocycles. The van der Waals surface area contributed by atoms with Gasteiger partial charge >= 0.3 is 0 Å². The molecule has 0 unspecified atom stereocenters. The van der Waals surface area contributed by atoms with Crippen LogP contribution in [0.25, 0.3) is 17.3 Å². The minimum Gasteiger partial charge on any atom is -0.495 e. The molecule has 158 valence electrons. The number of hydrogen-bond donors (Lipinski definition) is 1. The summed E-state index contributed by atoms with van der Waals surface area (Å²) in [5, 5.41) is 12.6. The largest absolute Gasteiger partial charge is 0.495 e. The van der Waals surface area contributed by atoms with Crippen LogP contribution in [-0.2, 0) is 4.79 Å². The number of benzene rings is 2. The van der Waals surface area contributed by atoms with Gasteiger partial charge in [0.1, 0.15) is 5.75 Å². The first-order chi connectivity index (χ1) is 15.0. The van der Waals surface area contributed by atoms with E-state index < -0.39 is 0 Å². The summed E-state index contributed by atoms with van der Waals surface area (Å²) in [6, 6.07) is 16.5. The number of carbonyl (C=O) groups is 1. The molecular formula is C22H19ClN4O3S. The Morgan fingerprint density at radius 1 is 1.19 bits per heavy atom. The number of ether oxygens (including phenoxy) is 1. The number of hydrogen-bond acceptors (Lipinski definition) is 6. The number of rotatable bonds is 7. The van der Waals surface area contributed by atoms with Crippen LogP contribution in [0.15, 0.2) is 70.4 Å². The van der Waals surface area contributed by atoms with Gasteiger partial charge in [0, 0.05) is 10.7 Å². The summed E-state index contributed by atoms with van der Waals surface area (Å²) in [5.41, 5.74) is 2.46. The normalized spacial score (nSPS) is 10.8. The summed E-state index contributed by atoms with van der Waals surface area (Å²) in [7, 11) is 1.57. The topological polar surface area (TPSA) is 82.2 Å². The third-order valence-electron chi connectivity index (χ3n) is 4.42. The molecule has 4 rings (SSSR count). The van der Waals surface area contributed by atoms with Crippen LogP contribution in [0.4, 0.5) is 5.69 Å². The molecule has 2 heterocycles. The second-order valence-electron chi connectivity index (χ2n) is 6.64. The number of thioether (sulfide) groups is 1. The van der Waals surface area contributed by atoms with Crippen LogP contribution in [0, 0.1) is 6.92 Å². The molecule has 0 fully saturated rings. The first kappa shape index (κ1) is 21.0. The number of amides is 1. The maximum Gasteiger partial charge on any atom is 0.234 e. The summed E-state index contributed by atoms with van der Waals surface area (Å²) in [5.74, 6) is 1.67. The lowest BCUT2D eigenvalue weighted by atomic mass is 10.2. The molecule has 1 N–H and O–H groups in total. The van der Waals surface area contributed by atoms with Gasteiger partial charge in [0.15, 0.2) is 10.9 Å². The van der Waals surface area contributed by atoms with E-state index in [-0.39, 0.29) is 11.7 Å². The SMILES string of the molecule is COc1ccc(C)cc1NC(=O)CSc1nnc(-c2ccco2)n1-c1ccc(Cl)cc1. The van der Waals surface area contributed by atoms with E-state index in [2.05, 4.69) is 15.5 Å². The third kappa shape index (κ3) is 4.76. The van der Waals surface area contributed by atoms with Crippen LogP contribution in [0.2, 0.25) is 5.02 Å². The maximum absolute atomic E-state index is 12.6. The smallest absolute Gasteiger partial charge is 0.234 e. The fraction of sp³-hybridized carbons (Fsp3) is 0.136. The molecule has 4 aromatic rings. The monoisotopic (exact) mass is 454 g/mol. The van der Waals surface area contributed by atoms with Crippen molar-refractivity contribution in [3.8, 4) is 23.0 Å². The molecule has 0 bridgehead atoms. The fourth-order valence-corrected chi connectivity index (χ4v) is 3.87. The Bertz CT molecular complexity index is 1190. The molecule has 7 nitrogen and oxygen atoms in total. The van der Waals surface area contributed by atoms with Gasteiger partial charge in [0.2, 0.25) is 11.7 Å². The van der Waals surface area contributed by atoms with Crippen molar-refractivity contribution < 1.29 is 13.9 Å². The van der Waals surface area contributed by atoms with E-state index in [0.29, 0.717) is 33.2 Å². The van der Waals surface area contributed by atoms with Crippen molar-refractivity contribution in [1.82, 2.24) is 14.8 Å². The summed E-state index contributed by atoms with van der Waals surface area (Å²) in [6.45, 7) is 1.95. The van der Waals surface area contributed by atoms with Crippen molar-refractivity contribution in [2.45, 2.75) is 12.1 Å². The quantitative estimate of drug-likeness (QED) is 0.385. The molecule has 2 aromatic heterocycles. The van der Waals surface area contributed by atoms with E-state index in [1.54, 1.807) is 31.6 Å². The number of halogens is 1. The third-order valence-corrected chi connectivity index (χ3v) is 5.60. The first-order valence-electron chi connectivity index (χ1n) is 9.37. The van der Waals surface area contributed by atoms with Crippen LogP contribution >= 0.6 is 23.4 Å². The molecule has 1 amide bonds. The van der Waals surface area contributed by atoms with Gasteiger partial charge in [-0.15, -0.1) is 10.2 Å². The Morgan fingerprint density at radius 2 is 2.00 bits per heavy atom. The van der Waals surface area contributed by atoms with Gasteiger partial charge in [0.25, 0.3) is 0 Å². The number of furan rings is 1. The minimum absolute atomic E-state index is 0.140. The van der Waals surface area contributed by atoms with E-state index >= 15 is 0 Å². The molecule has 2 aromatic carbocycles. The maximum atomic E-state index is 12.6. The average molecular weight is 455 g/mol. The molecule has 0 spiro atoms. The number of anilines is 1. The zero-order valence-electron chi connectivity index (χ0n) is 16.8. The predicted octanol–water partition coefficient (Wildman–Crippen LogP) is 5.23. The van der Waals surface area contributed by atoms with Crippen LogP contribution in [0.5, 0.6) is 5.75 Å². The highest BCUT2D eigenvalue weighted by atomic mass is 35.5. The molecule has 9 heteroatoms. The van der Waals surface area contributed by atoms with Gasteiger partial charge in [-0.25, -0.2) is 0 Å². The molecule has 0 aliphatic rings.